The van der Waals surface area contributed by atoms with Crippen LogP contribution in [0, 0.1) is 6.92 Å². The highest BCUT2D eigenvalue weighted by Crippen LogP contribution is 2.21. The largest absolute Gasteiger partial charge is 0.469 e. The monoisotopic (exact) mass is 455 g/mol. The lowest BCUT2D eigenvalue weighted by Crippen LogP contribution is -2.49. The topological polar surface area (TPSA) is 70.1 Å². The van der Waals surface area contributed by atoms with Crippen LogP contribution in [0.1, 0.15) is 28.3 Å². The van der Waals surface area contributed by atoms with E-state index in [1.54, 1.807) is 30.2 Å². The number of halogens is 1. The Balaban J connectivity index is 1.35. The molecule has 3 aromatic rings. The van der Waals surface area contributed by atoms with Crippen molar-refractivity contribution in [1.82, 2.24) is 9.80 Å². The van der Waals surface area contributed by atoms with E-state index in [-0.39, 0.29) is 18.2 Å². The van der Waals surface area contributed by atoms with Gasteiger partial charge in [0.2, 0.25) is 5.91 Å². The molecule has 1 aromatic carbocycles. The van der Waals surface area contributed by atoms with Crippen LogP contribution in [-0.2, 0) is 11.3 Å². The number of nitrogens with zero attached hydrogens (tertiary/aromatic N) is 3. The van der Waals surface area contributed by atoms with E-state index in [4.69, 9.17) is 20.4 Å². The first-order valence-electron chi connectivity index (χ1n) is 10.7. The molecule has 8 heteroatoms. The number of furan rings is 2. The summed E-state index contributed by atoms with van der Waals surface area (Å²) in [6.45, 7) is 5.12. The second kappa shape index (κ2) is 9.96. The zero-order valence-electron chi connectivity index (χ0n) is 18.0. The molecule has 32 heavy (non-hydrogen) atoms. The van der Waals surface area contributed by atoms with E-state index in [1.807, 2.05) is 35.2 Å². The Labute approximate surface area is 192 Å². The molecule has 0 saturated carbocycles. The predicted octanol–water partition coefficient (Wildman–Crippen LogP) is 4.22. The van der Waals surface area contributed by atoms with Crippen LogP contribution in [0.2, 0.25) is 5.02 Å². The summed E-state index contributed by atoms with van der Waals surface area (Å²) in [5, 5.41) is 0.704. The van der Waals surface area contributed by atoms with Gasteiger partial charge in [-0.15, -0.1) is 0 Å². The Bertz CT molecular complexity index is 1050. The Kier molecular flexibility index (Phi) is 6.85. The summed E-state index contributed by atoms with van der Waals surface area (Å²) in [5.41, 5.74) is 1.56. The van der Waals surface area contributed by atoms with Gasteiger partial charge in [0.1, 0.15) is 11.5 Å². The summed E-state index contributed by atoms with van der Waals surface area (Å²) in [7, 11) is 0. The highest BCUT2D eigenvalue weighted by molar-refractivity contribution is 6.30. The van der Waals surface area contributed by atoms with Crippen LogP contribution in [0.5, 0.6) is 0 Å². The number of benzene rings is 1. The van der Waals surface area contributed by atoms with E-state index in [1.165, 1.54) is 6.26 Å². The number of rotatable bonds is 7. The molecular formula is C24H26ClN3O4. The van der Waals surface area contributed by atoms with Gasteiger partial charge in [0.15, 0.2) is 0 Å². The molecule has 1 aliphatic rings. The van der Waals surface area contributed by atoms with Gasteiger partial charge >= 0.3 is 0 Å². The molecule has 0 N–H and O–H groups in total. The standard InChI is InChI=1S/C24H26ClN3O4/c1-18-22(8-15-31-18)24(30)28(17-21-6-3-14-32-21)9-7-23(29)27-12-10-26(11-13-27)20-5-2-4-19(25)16-20/h2-6,8,14-16H,7,9-13,17H2,1H3. The van der Waals surface area contributed by atoms with Crippen molar-refractivity contribution in [1.29, 1.82) is 0 Å². The molecule has 1 aliphatic heterocycles. The SMILES string of the molecule is Cc1occc1C(=O)N(CCC(=O)N1CCN(c2cccc(Cl)c2)CC1)Cc1ccco1. The molecule has 1 saturated heterocycles. The second-order valence-corrected chi connectivity index (χ2v) is 8.23. The van der Waals surface area contributed by atoms with Gasteiger partial charge in [-0.3, -0.25) is 9.59 Å². The fourth-order valence-electron chi connectivity index (χ4n) is 3.90. The average Bonchev–Trinajstić information content (AvgIpc) is 3.47. The third-order valence-corrected chi connectivity index (χ3v) is 5.94. The van der Waals surface area contributed by atoms with E-state index in [2.05, 4.69) is 4.90 Å². The Morgan fingerprint density at radius 2 is 1.84 bits per heavy atom. The minimum atomic E-state index is -0.175. The van der Waals surface area contributed by atoms with Gasteiger partial charge in [-0.05, 0) is 43.3 Å². The molecule has 0 radical (unpaired) electrons. The van der Waals surface area contributed by atoms with Crippen molar-refractivity contribution >= 4 is 29.1 Å². The predicted molar refractivity (Wildman–Crippen MR) is 122 cm³/mol. The molecule has 3 heterocycles. The van der Waals surface area contributed by atoms with Gasteiger partial charge < -0.3 is 23.5 Å². The maximum atomic E-state index is 13.1. The van der Waals surface area contributed by atoms with Crippen LogP contribution >= 0.6 is 11.6 Å². The molecular weight excluding hydrogens is 430 g/mol. The number of hydrogen-bond donors (Lipinski definition) is 0. The molecule has 4 rings (SSSR count). The van der Waals surface area contributed by atoms with E-state index in [0.29, 0.717) is 48.3 Å². The summed E-state index contributed by atoms with van der Waals surface area (Å²) >= 11 is 6.10. The van der Waals surface area contributed by atoms with Crippen molar-refractivity contribution in [3.05, 3.63) is 77.1 Å². The van der Waals surface area contributed by atoms with Gasteiger partial charge in [0, 0.05) is 49.9 Å². The van der Waals surface area contributed by atoms with Crippen molar-refractivity contribution in [2.45, 2.75) is 19.9 Å². The highest BCUT2D eigenvalue weighted by Gasteiger charge is 2.25. The van der Waals surface area contributed by atoms with Gasteiger partial charge in [-0.2, -0.15) is 0 Å². The summed E-state index contributed by atoms with van der Waals surface area (Å²) in [4.78, 5) is 31.7. The number of carbonyl (C=O) groups is 2. The molecule has 0 atom stereocenters. The highest BCUT2D eigenvalue weighted by atomic mass is 35.5. The third-order valence-electron chi connectivity index (χ3n) is 5.70. The lowest BCUT2D eigenvalue weighted by molar-refractivity contribution is -0.131. The van der Waals surface area contributed by atoms with E-state index >= 15 is 0 Å². The molecule has 2 aromatic heterocycles. The van der Waals surface area contributed by atoms with Crippen LogP contribution in [0.4, 0.5) is 5.69 Å². The van der Waals surface area contributed by atoms with Crippen LogP contribution in [0.3, 0.4) is 0 Å². The quantitative estimate of drug-likeness (QED) is 0.533. The number of anilines is 1. The number of hydrogen-bond acceptors (Lipinski definition) is 5. The minimum absolute atomic E-state index is 0.0388. The van der Waals surface area contributed by atoms with Gasteiger partial charge in [-0.1, -0.05) is 17.7 Å². The normalized spacial score (nSPS) is 13.9. The number of aryl methyl sites for hydroxylation is 1. The van der Waals surface area contributed by atoms with Crippen LogP contribution in [0.15, 0.2) is 63.8 Å². The Hall–Kier alpha value is -3.19. The molecule has 0 aliphatic carbocycles. The number of amides is 2. The zero-order valence-corrected chi connectivity index (χ0v) is 18.8. The molecule has 168 valence electrons. The van der Waals surface area contributed by atoms with Gasteiger partial charge in [0.25, 0.3) is 5.91 Å². The minimum Gasteiger partial charge on any atom is -0.469 e. The van der Waals surface area contributed by atoms with Gasteiger partial charge in [-0.25, -0.2) is 0 Å². The molecule has 7 nitrogen and oxygen atoms in total. The fraction of sp³-hybridized carbons (Fsp3) is 0.333. The smallest absolute Gasteiger partial charge is 0.257 e. The first kappa shape index (κ1) is 22.0. The zero-order chi connectivity index (χ0) is 22.5. The second-order valence-electron chi connectivity index (χ2n) is 7.79. The van der Waals surface area contributed by atoms with Crippen molar-refractivity contribution in [2.75, 3.05) is 37.6 Å². The first-order valence-corrected chi connectivity index (χ1v) is 11.0. The van der Waals surface area contributed by atoms with Crippen molar-refractivity contribution in [3.63, 3.8) is 0 Å². The lowest BCUT2D eigenvalue weighted by Gasteiger charge is -2.36. The van der Waals surface area contributed by atoms with Crippen molar-refractivity contribution in [3.8, 4) is 0 Å². The lowest BCUT2D eigenvalue weighted by atomic mass is 10.2. The Morgan fingerprint density at radius 1 is 1.03 bits per heavy atom. The van der Waals surface area contributed by atoms with Gasteiger partial charge in [0.05, 0.1) is 24.6 Å². The van der Waals surface area contributed by atoms with Crippen LogP contribution in [-0.4, -0.2) is 54.3 Å². The maximum absolute atomic E-state index is 13.1. The molecule has 0 spiro atoms. The molecule has 1 fully saturated rings. The summed E-state index contributed by atoms with van der Waals surface area (Å²) < 4.78 is 10.7. The summed E-state index contributed by atoms with van der Waals surface area (Å²) in [6.07, 6.45) is 3.32. The van der Waals surface area contributed by atoms with Crippen molar-refractivity contribution < 1.29 is 18.4 Å². The summed E-state index contributed by atoms with van der Waals surface area (Å²) in [6, 6.07) is 13.0. The number of piperazine rings is 1. The maximum Gasteiger partial charge on any atom is 0.257 e. The van der Waals surface area contributed by atoms with E-state index in [0.717, 1.165) is 18.8 Å². The number of carbonyl (C=O) groups excluding carboxylic acids is 2. The van der Waals surface area contributed by atoms with E-state index in [9.17, 15) is 9.59 Å². The van der Waals surface area contributed by atoms with Crippen LogP contribution < -0.4 is 4.90 Å². The molecule has 0 bridgehead atoms. The van der Waals surface area contributed by atoms with E-state index < -0.39 is 0 Å². The third kappa shape index (κ3) is 5.16. The van der Waals surface area contributed by atoms with Crippen LogP contribution in [0.25, 0.3) is 0 Å². The Morgan fingerprint density at radius 3 is 2.50 bits per heavy atom. The first-order chi connectivity index (χ1) is 15.5. The average molecular weight is 456 g/mol. The molecule has 0 unspecified atom stereocenters. The van der Waals surface area contributed by atoms with Crippen molar-refractivity contribution in [2.24, 2.45) is 0 Å². The molecule has 2 amide bonds. The fourth-order valence-corrected chi connectivity index (χ4v) is 4.08. The summed E-state index contributed by atoms with van der Waals surface area (Å²) in [5.74, 6) is 1.09.